The summed E-state index contributed by atoms with van der Waals surface area (Å²) in [7, 11) is 3.27. The first-order valence-corrected chi connectivity index (χ1v) is 16.0. The summed E-state index contributed by atoms with van der Waals surface area (Å²) < 4.78 is 11.2. The number of para-hydroxylation sites is 1. The van der Waals surface area contributed by atoms with Crippen molar-refractivity contribution >= 4 is 44.7 Å². The molecule has 3 aromatic carbocycles. The molecule has 0 saturated carbocycles. The lowest BCUT2D eigenvalue weighted by molar-refractivity contribution is -0.128. The monoisotopic (exact) mass is 624 g/mol. The van der Waals surface area contributed by atoms with Gasteiger partial charge in [-0.2, -0.15) is 0 Å². The van der Waals surface area contributed by atoms with E-state index >= 15 is 0 Å². The summed E-state index contributed by atoms with van der Waals surface area (Å²) in [6.07, 6.45) is 1.36. The number of halogens is 1. The molecule has 2 aliphatic heterocycles. The molecule has 0 atom stereocenters. The van der Waals surface area contributed by atoms with E-state index in [2.05, 4.69) is 35.2 Å². The van der Waals surface area contributed by atoms with Crippen LogP contribution in [0.15, 0.2) is 78.9 Å². The minimum absolute atomic E-state index is 0.0570. The van der Waals surface area contributed by atoms with Crippen molar-refractivity contribution in [1.82, 2.24) is 14.9 Å². The highest BCUT2D eigenvalue weighted by Crippen LogP contribution is 2.46. The second kappa shape index (κ2) is 12.1. The van der Waals surface area contributed by atoms with Gasteiger partial charge in [-0.1, -0.05) is 66.2 Å². The molecular weight excluding hydrogens is 592 g/mol. The van der Waals surface area contributed by atoms with Crippen LogP contribution in [0.25, 0.3) is 21.3 Å². The van der Waals surface area contributed by atoms with Crippen LogP contribution in [0.3, 0.4) is 0 Å². The van der Waals surface area contributed by atoms with Crippen LogP contribution in [0.5, 0.6) is 11.5 Å². The van der Waals surface area contributed by atoms with Gasteiger partial charge < -0.3 is 9.47 Å². The molecule has 4 heterocycles. The lowest BCUT2D eigenvalue weighted by Crippen LogP contribution is -2.38. The molecule has 0 N–H and O–H groups in total. The number of aromatic nitrogens is 1. The van der Waals surface area contributed by atoms with E-state index in [1.54, 1.807) is 30.6 Å². The van der Waals surface area contributed by atoms with Crippen molar-refractivity contribution in [3.05, 3.63) is 106 Å². The number of hydrogen-bond donors (Lipinski definition) is 0. The van der Waals surface area contributed by atoms with Crippen molar-refractivity contribution in [2.24, 2.45) is 0 Å². The molecule has 0 radical (unpaired) electrons. The molecule has 0 bridgehead atoms. The van der Waals surface area contributed by atoms with E-state index in [4.69, 9.17) is 26.1 Å². The number of nitrogens with zero attached hydrogens (tertiary/aromatic N) is 4. The van der Waals surface area contributed by atoms with Crippen molar-refractivity contribution in [1.29, 1.82) is 0 Å². The minimum atomic E-state index is 0.0570. The number of hydrazine groups is 1. The highest BCUT2D eigenvalue weighted by molar-refractivity contribution is 7.19. The molecule has 0 spiro atoms. The highest BCUT2D eigenvalue weighted by atomic mass is 35.5. The topological polar surface area (TPSA) is 58.1 Å². The highest BCUT2D eigenvalue weighted by Gasteiger charge is 2.32. The van der Waals surface area contributed by atoms with E-state index < -0.39 is 0 Å². The van der Waals surface area contributed by atoms with Crippen molar-refractivity contribution in [3.63, 3.8) is 0 Å². The summed E-state index contributed by atoms with van der Waals surface area (Å²) in [5.74, 6) is 1.35. The van der Waals surface area contributed by atoms with Crippen molar-refractivity contribution in [2.75, 3.05) is 32.3 Å². The van der Waals surface area contributed by atoms with Gasteiger partial charge in [-0.15, -0.1) is 11.3 Å². The van der Waals surface area contributed by atoms with E-state index in [0.29, 0.717) is 35.2 Å². The van der Waals surface area contributed by atoms with Crippen LogP contribution >= 0.6 is 22.9 Å². The SMILES string of the molecule is COc1ccc(-c2c(Cl)c(CN3C(=O)CCN3c3ccccc3)nc3sc4c(c23)CCN(Cc2ccccc2)C4)cc1OC. The Kier molecular flexibility index (Phi) is 7.89. The standard InChI is InChI=1S/C35H33ClN4O3S/c1-42-28-14-13-24(19-29(28)43-2)32-33-26-15-17-38(20-23-9-5-3-6-10-23)22-30(26)44-35(33)37-27(34(32)36)21-40-31(41)16-18-39(40)25-11-7-4-8-12-25/h3-14,19H,15-18,20-22H2,1-2H3. The fourth-order valence-corrected chi connectivity index (χ4v) is 7.91. The molecule has 1 fully saturated rings. The molecule has 9 heteroatoms. The lowest BCUT2D eigenvalue weighted by Gasteiger charge is -2.30. The van der Waals surface area contributed by atoms with Gasteiger partial charge in [0.05, 0.1) is 37.2 Å². The average Bonchev–Trinajstić information content (AvgIpc) is 3.61. The maximum absolute atomic E-state index is 13.2. The molecule has 7 nitrogen and oxygen atoms in total. The van der Waals surface area contributed by atoms with E-state index in [9.17, 15) is 4.79 Å². The number of carbonyl (C=O) groups excluding carboxylic acids is 1. The summed E-state index contributed by atoms with van der Waals surface area (Å²) in [6, 6.07) is 26.5. The molecule has 0 unspecified atom stereocenters. The zero-order valence-electron chi connectivity index (χ0n) is 24.8. The number of ether oxygens (including phenoxy) is 2. The van der Waals surface area contributed by atoms with Crippen LogP contribution < -0.4 is 14.5 Å². The smallest absolute Gasteiger partial charge is 0.243 e. The number of hydrogen-bond acceptors (Lipinski definition) is 7. The first-order chi connectivity index (χ1) is 21.5. The Morgan fingerprint density at radius 2 is 1.64 bits per heavy atom. The number of carbonyl (C=O) groups is 1. The first kappa shape index (κ1) is 28.6. The summed E-state index contributed by atoms with van der Waals surface area (Å²) in [5, 5.41) is 5.47. The average molecular weight is 625 g/mol. The quantitative estimate of drug-likeness (QED) is 0.180. The number of benzene rings is 3. The second-order valence-electron chi connectivity index (χ2n) is 11.1. The van der Waals surface area contributed by atoms with Crippen molar-refractivity contribution in [2.45, 2.75) is 32.5 Å². The molecule has 2 aromatic heterocycles. The van der Waals surface area contributed by atoms with Crippen LogP contribution in [0, 0.1) is 0 Å². The third-order valence-corrected chi connectivity index (χ3v) is 9.99. The number of amides is 1. The number of thiophene rings is 1. The van der Waals surface area contributed by atoms with Gasteiger partial charge in [-0.3, -0.25) is 14.7 Å². The van der Waals surface area contributed by atoms with Gasteiger partial charge in [-0.25, -0.2) is 9.99 Å². The zero-order valence-corrected chi connectivity index (χ0v) is 26.3. The molecule has 224 valence electrons. The normalized spacial score (nSPS) is 15.2. The Morgan fingerprint density at radius 1 is 0.886 bits per heavy atom. The minimum Gasteiger partial charge on any atom is -0.493 e. The van der Waals surface area contributed by atoms with Crippen LogP contribution in [-0.2, 0) is 30.8 Å². The summed E-state index contributed by atoms with van der Waals surface area (Å²) in [5.41, 5.74) is 6.13. The van der Waals surface area contributed by atoms with Gasteiger partial charge in [0, 0.05) is 48.4 Å². The van der Waals surface area contributed by atoms with E-state index in [1.165, 1.54) is 16.0 Å². The molecule has 5 aromatic rings. The maximum Gasteiger partial charge on any atom is 0.243 e. The number of anilines is 1. The Hall–Kier alpha value is -4.11. The van der Waals surface area contributed by atoms with Crippen molar-refractivity contribution < 1.29 is 14.3 Å². The fraction of sp³-hybridized carbons (Fsp3) is 0.257. The van der Waals surface area contributed by atoms with Gasteiger partial charge in [0.25, 0.3) is 0 Å². The largest absolute Gasteiger partial charge is 0.493 e. The van der Waals surface area contributed by atoms with Crippen LogP contribution in [0.2, 0.25) is 5.02 Å². The van der Waals surface area contributed by atoms with Crippen LogP contribution in [-0.4, -0.2) is 48.1 Å². The van der Waals surface area contributed by atoms with Crippen molar-refractivity contribution in [3.8, 4) is 22.6 Å². The maximum atomic E-state index is 13.2. The molecular formula is C35H33ClN4O3S. The van der Waals surface area contributed by atoms with Gasteiger partial charge in [0.1, 0.15) is 4.83 Å². The van der Waals surface area contributed by atoms with E-state index in [0.717, 1.165) is 53.1 Å². The number of rotatable bonds is 8. The Morgan fingerprint density at radius 3 is 2.39 bits per heavy atom. The van der Waals surface area contributed by atoms with Crippen LogP contribution in [0.1, 0.15) is 28.1 Å². The van der Waals surface area contributed by atoms with Gasteiger partial charge in [-0.05, 0) is 47.4 Å². The predicted octanol–water partition coefficient (Wildman–Crippen LogP) is 7.35. The number of pyridine rings is 1. The Labute approximate surface area is 266 Å². The molecule has 7 rings (SSSR count). The second-order valence-corrected chi connectivity index (χ2v) is 12.6. The van der Waals surface area contributed by atoms with Gasteiger partial charge in [0.15, 0.2) is 11.5 Å². The predicted molar refractivity (Wildman–Crippen MR) is 176 cm³/mol. The fourth-order valence-electron chi connectivity index (χ4n) is 6.32. The number of methoxy groups -OCH3 is 2. The van der Waals surface area contributed by atoms with E-state index in [-0.39, 0.29) is 12.5 Å². The third-order valence-electron chi connectivity index (χ3n) is 8.47. The van der Waals surface area contributed by atoms with Crippen LogP contribution in [0.4, 0.5) is 5.69 Å². The van der Waals surface area contributed by atoms with Gasteiger partial charge in [0.2, 0.25) is 5.91 Å². The summed E-state index contributed by atoms with van der Waals surface area (Å²) in [6.45, 7) is 3.62. The third kappa shape index (κ3) is 5.27. The molecule has 2 aliphatic rings. The zero-order chi connectivity index (χ0) is 30.2. The lowest BCUT2D eigenvalue weighted by atomic mass is 9.95. The molecule has 44 heavy (non-hydrogen) atoms. The summed E-state index contributed by atoms with van der Waals surface area (Å²) in [4.78, 5) is 23.1. The van der Waals surface area contributed by atoms with Gasteiger partial charge >= 0.3 is 0 Å². The Balaban J connectivity index is 1.33. The molecule has 0 aliphatic carbocycles. The summed E-state index contributed by atoms with van der Waals surface area (Å²) >= 11 is 9.08. The first-order valence-electron chi connectivity index (χ1n) is 14.8. The molecule has 1 saturated heterocycles. The Bertz CT molecular complexity index is 1830. The number of fused-ring (bicyclic) bond motifs is 3. The molecule has 1 amide bonds. The van der Waals surface area contributed by atoms with E-state index in [1.807, 2.05) is 53.5 Å².